The number of rotatable bonds is 5. The molecule has 1 aromatic heterocycles. The first-order valence-electron chi connectivity index (χ1n) is 8.42. The fraction of sp³-hybridized carbons (Fsp3) is 0.389. The van der Waals surface area contributed by atoms with Gasteiger partial charge in [-0.25, -0.2) is 17.6 Å². The quantitative estimate of drug-likeness (QED) is 0.788. The summed E-state index contributed by atoms with van der Waals surface area (Å²) in [4.78, 5) is 12.5. The van der Waals surface area contributed by atoms with Crippen LogP contribution < -0.4 is 0 Å². The van der Waals surface area contributed by atoms with Crippen LogP contribution in [0.25, 0.3) is 0 Å². The highest BCUT2D eigenvalue weighted by Gasteiger charge is 2.53. The number of aliphatic hydroxyl groups is 1. The Morgan fingerprint density at radius 2 is 1.86 bits per heavy atom. The first kappa shape index (κ1) is 20.0. The lowest BCUT2D eigenvalue weighted by Gasteiger charge is -2.30. The maximum atomic E-state index is 13.3. The van der Waals surface area contributed by atoms with E-state index in [0.29, 0.717) is 6.54 Å². The van der Waals surface area contributed by atoms with Gasteiger partial charge < -0.3 is 5.11 Å². The Kier molecular flexibility index (Phi) is 5.24. The molecule has 0 bridgehead atoms. The first-order chi connectivity index (χ1) is 13.1. The molecular formula is C18H18F4N4O2. The number of aromatic nitrogens is 2. The van der Waals surface area contributed by atoms with E-state index in [1.807, 2.05) is 19.9 Å². The summed E-state index contributed by atoms with van der Waals surface area (Å²) in [7, 11) is 0. The number of halogens is 4. The fourth-order valence-electron chi connectivity index (χ4n) is 2.99. The summed E-state index contributed by atoms with van der Waals surface area (Å²) >= 11 is 0. The zero-order chi connectivity index (χ0) is 20.6. The molecule has 6 nitrogen and oxygen atoms in total. The van der Waals surface area contributed by atoms with Crippen molar-refractivity contribution in [3.63, 3.8) is 0 Å². The van der Waals surface area contributed by atoms with Crippen molar-refractivity contribution < 1.29 is 27.5 Å². The summed E-state index contributed by atoms with van der Waals surface area (Å²) in [5, 5.41) is 17.7. The summed E-state index contributed by atoms with van der Waals surface area (Å²) < 4.78 is 54.0. The number of hydrogen-bond acceptors (Lipinski definition) is 4. The Morgan fingerprint density at radius 1 is 1.21 bits per heavy atom. The molecule has 1 atom stereocenters. The summed E-state index contributed by atoms with van der Waals surface area (Å²) in [6.45, 7) is 4.20. The largest absolute Gasteiger partial charge is 0.364 e. The summed E-state index contributed by atoms with van der Waals surface area (Å²) in [6, 6.07) is 7.84. The molecule has 0 radical (unpaired) electrons. The Hall–Kier alpha value is -2.75. The number of hydrogen-bond donors (Lipinski definition) is 1. The molecule has 0 saturated carbocycles. The van der Waals surface area contributed by atoms with E-state index in [-0.39, 0.29) is 10.6 Å². The minimum absolute atomic E-state index is 0.0508. The molecule has 1 aliphatic heterocycles. The molecule has 0 aliphatic carbocycles. The monoisotopic (exact) mass is 398 g/mol. The number of carbonyl (C=O) groups excluding carboxylic acids is 1. The predicted octanol–water partition coefficient (Wildman–Crippen LogP) is 2.97. The van der Waals surface area contributed by atoms with E-state index in [4.69, 9.17) is 0 Å². The molecule has 1 amide bonds. The van der Waals surface area contributed by atoms with Crippen LogP contribution in [0.4, 0.5) is 17.6 Å². The van der Waals surface area contributed by atoms with E-state index in [9.17, 15) is 27.5 Å². The Labute approximate surface area is 158 Å². The number of amides is 1. The van der Waals surface area contributed by atoms with E-state index in [1.165, 1.54) is 12.1 Å². The summed E-state index contributed by atoms with van der Waals surface area (Å²) in [5.74, 6) is -1.09. The number of nitrogens with zero attached hydrogens (tertiary/aromatic N) is 4. The molecule has 1 N–H and O–H groups in total. The van der Waals surface area contributed by atoms with Gasteiger partial charge in [0, 0.05) is 17.7 Å². The van der Waals surface area contributed by atoms with Crippen molar-refractivity contribution in [3.8, 4) is 0 Å². The topological polar surface area (TPSA) is 70.7 Å². The standard InChI is InChI=1S/C18H18F4N4O2/c1-10-7-11(2)25(23-10)9-12-3-5-13(6-4-12)16(27)26-18(28,17(21)22)8-14(24-26)15(19)20/h3-7,15,17,28H,8-9H2,1-2H3. The molecule has 2 heterocycles. The summed E-state index contributed by atoms with van der Waals surface area (Å²) in [5.41, 5.74) is -1.51. The van der Waals surface area contributed by atoms with Gasteiger partial charge in [0.05, 0.1) is 12.2 Å². The van der Waals surface area contributed by atoms with Gasteiger partial charge in [-0.2, -0.15) is 15.2 Å². The molecule has 10 heteroatoms. The molecule has 0 saturated heterocycles. The molecule has 2 aromatic rings. The SMILES string of the molecule is Cc1cc(C)n(Cc2ccc(C(=O)N3N=C(C(F)F)CC3(O)C(F)F)cc2)n1. The van der Waals surface area contributed by atoms with E-state index in [0.717, 1.165) is 17.0 Å². The van der Waals surface area contributed by atoms with Crippen molar-refractivity contribution in [2.75, 3.05) is 0 Å². The molecule has 28 heavy (non-hydrogen) atoms. The highest BCUT2D eigenvalue weighted by molar-refractivity contribution is 5.99. The van der Waals surface area contributed by atoms with Crippen molar-refractivity contribution >= 4 is 11.6 Å². The van der Waals surface area contributed by atoms with Gasteiger partial charge in [-0.1, -0.05) is 12.1 Å². The van der Waals surface area contributed by atoms with Crippen molar-refractivity contribution in [1.82, 2.24) is 14.8 Å². The smallest absolute Gasteiger partial charge is 0.287 e. The van der Waals surface area contributed by atoms with Crippen LogP contribution in [0, 0.1) is 13.8 Å². The van der Waals surface area contributed by atoms with Crippen LogP contribution in [0.1, 0.15) is 33.7 Å². The Morgan fingerprint density at radius 3 is 2.36 bits per heavy atom. The fourth-order valence-corrected chi connectivity index (χ4v) is 2.99. The number of aryl methyl sites for hydroxylation is 2. The second-order valence-corrected chi connectivity index (χ2v) is 6.65. The van der Waals surface area contributed by atoms with Crippen molar-refractivity contribution in [2.45, 2.75) is 45.4 Å². The van der Waals surface area contributed by atoms with Crippen LogP contribution >= 0.6 is 0 Å². The van der Waals surface area contributed by atoms with Gasteiger partial charge in [0.15, 0.2) is 0 Å². The molecule has 1 unspecified atom stereocenters. The first-order valence-corrected chi connectivity index (χ1v) is 8.42. The van der Waals surface area contributed by atoms with Gasteiger partial charge >= 0.3 is 0 Å². The average Bonchev–Trinajstić information content (AvgIpc) is 3.15. The lowest BCUT2D eigenvalue weighted by molar-refractivity contribution is -0.164. The van der Waals surface area contributed by atoms with E-state index in [2.05, 4.69) is 10.2 Å². The van der Waals surface area contributed by atoms with Gasteiger partial charge in [0.25, 0.3) is 18.8 Å². The zero-order valence-corrected chi connectivity index (χ0v) is 15.1. The van der Waals surface area contributed by atoms with E-state index >= 15 is 0 Å². The molecule has 1 aliphatic rings. The van der Waals surface area contributed by atoms with Crippen molar-refractivity contribution in [1.29, 1.82) is 0 Å². The normalized spacial score (nSPS) is 19.6. The lowest BCUT2D eigenvalue weighted by Crippen LogP contribution is -2.51. The average molecular weight is 398 g/mol. The Balaban J connectivity index is 1.82. The second kappa shape index (κ2) is 7.34. The maximum Gasteiger partial charge on any atom is 0.287 e. The maximum absolute atomic E-state index is 13.3. The van der Waals surface area contributed by atoms with Gasteiger partial charge in [-0.15, -0.1) is 0 Å². The zero-order valence-electron chi connectivity index (χ0n) is 15.1. The summed E-state index contributed by atoms with van der Waals surface area (Å²) in [6.07, 6.45) is -7.71. The van der Waals surface area contributed by atoms with Crippen LogP contribution in [0.15, 0.2) is 35.4 Å². The molecule has 150 valence electrons. The van der Waals surface area contributed by atoms with Crippen molar-refractivity contribution in [3.05, 3.63) is 52.8 Å². The third-order valence-corrected chi connectivity index (χ3v) is 4.47. The minimum Gasteiger partial charge on any atom is -0.364 e. The molecule has 0 spiro atoms. The van der Waals surface area contributed by atoms with Gasteiger partial charge in [-0.3, -0.25) is 9.48 Å². The third kappa shape index (κ3) is 3.64. The van der Waals surface area contributed by atoms with Crippen LogP contribution in [0.5, 0.6) is 0 Å². The second-order valence-electron chi connectivity index (χ2n) is 6.65. The number of carbonyl (C=O) groups is 1. The lowest BCUT2D eigenvalue weighted by atomic mass is 10.1. The number of benzene rings is 1. The van der Waals surface area contributed by atoms with Gasteiger partial charge in [0.2, 0.25) is 5.72 Å². The third-order valence-electron chi connectivity index (χ3n) is 4.47. The van der Waals surface area contributed by atoms with Crippen LogP contribution in [0.2, 0.25) is 0 Å². The predicted molar refractivity (Wildman–Crippen MR) is 92.4 cm³/mol. The number of hydrazone groups is 1. The van der Waals surface area contributed by atoms with Crippen molar-refractivity contribution in [2.24, 2.45) is 5.10 Å². The van der Waals surface area contributed by atoms with E-state index in [1.54, 1.807) is 16.8 Å². The Bertz CT molecular complexity index is 911. The highest BCUT2D eigenvalue weighted by atomic mass is 19.3. The van der Waals surface area contributed by atoms with Gasteiger partial charge in [-0.05, 0) is 37.6 Å². The van der Waals surface area contributed by atoms with Crippen LogP contribution in [-0.4, -0.2) is 50.1 Å². The van der Waals surface area contributed by atoms with E-state index < -0.39 is 36.6 Å². The number of alkyl halides is 4. The highest BCUT2D eigenvalue weighted by Crippen LogP contribution is 2.34. The molecular weight excluding hydrogens is 380 g/mol. The van der Waals surface area contributed by atoms with Gasteiger partial charge in [0.1, 0.15) is 5.71 Å². The minimum atomic E-state index is -3.46. The molecule has 0 fully saturated rings. The van der Waals surface area contributed by atoms with Crippen LogP contribution in [-0.2, 0) is 6.54 Å². The van der Waals surface area contributed by atoms with Crippen LogP contribution in [0.3, 0.4) is 0 Å². The molecule has 1 aromatic carbocycles. The molecule has 3 rings (SSSR count).